The van der Waals surface area contributed by atoms with Gasteiger partial charge in [-0.15, -0.1) is 0 Å². The van der Waals surface area contributed by atoms with Crippen molar-refractivity contribution in [2.24, 2.45) is 0 Å². The highest BCUT2D eigenvalue weighted by Crippen LogP contribution is 1.97. The number of aliphatic hydroxyl groups excluding tert-OH is 1. The van der Waals surface area contributed by atoms with E-state index < -0.39 is 0 Å². The molecule has 0 bridgehead atoms. The minimum absolute atomic E-state index is 0.250. The molecule has 0 amide bonds. The fourth-order valence-electron chi connectivity index (χ4n) is 1.31. The second-order valence-corrected chi connectivity index (χ2v) is 3.20. The van der Waals surface area contributed by atoms with Crippen LogP contribution < -0.4 is 5.46 Å². The van der Waals surface area contributed by atoms with E-state index in [1.165, 1.54) is 11.0 Å². The van der Waals surface area contributed by atoms with Gasteiger partial charge in [-0.25, -0.2) is 0 Å². The number of rotatable bonds is 3. The predicted octanol–water partition coefficient (Wildman–Crippen LogP) is 1.25. The lowest BCUT2D eigenvalue weighted by molar-refractivity contribution is 0.363. The Kier molecular flexibility index (Phi) is 3.36. The van der Waals surface area contributed by atoms with Gasteiger partial charge in [-0.2, -0.15) is 0 Å². The molecule has 0 atom stereocenters. The second kappa shape index (κ2) is 4.32. The standard InChI is InChI=1S/C10H15BO/c1-3-11(8-12)10-6-4-9(2)5-7-10/h4-7,12H,3,8H2,1-2H3. The van der Waals surface area contributed by atoms with Crippen molar-refractivity contribution in [2.45, 2.75) is 20.2 Å². The van der Waals surface area contributed by atoms with Gasteiger partial charge in [-0.1, -0.05) is 48.5 Å². The zero-order chi connectivity index (χ0) is 8.97. The first-order chi connectivity index (χ1) is 5.77. The fourth-order valence-corrected chi connectivity index (χ4v) is 1.31. The predicted molar refractivity (Wildman–Crippen MR) is 54.1 cm³/mol. The van der Waals surface area contributed by atoms with Gasteiger partial charge in [0.2, 0.25) is 6.71 Å². The minimum atomic E-state index is 0.250. The molecule has 0 fully saturated rings. The molecule has 0 aliphatic heterocycles. The summed E-state index contributed by atoms with van der Waals surface area (Å²) in [6.07, 6.45) is 1.000. The molecule has 12 heavy (non-hydrogen) atoms. The maximum Gasteiger partial charge on any atom is 0.205 e. The Morgan fingerprint density at radius 3 is 2.25 bits per heavy atom. The Hall–Kier alpha value is -0.755. The Labute approximate surface area is 74.5 Å². The van der Waals surface area contributed by atoms with Gasteiger partial charge in [0.05, 0.1) is 0 Å². The first kappa shape index (κ1) is 9.33. The Balaban J connectivity index is 2.80. The maximum atomic E-state index is 9.05. The van der Waals surface area contributed by atoms with E-state index in [9.17, 15) is 0 Å². The van der Waals surface area contributed by atoms with E-state index in [0.717, 1.165) is 6.32 Å². The number of aliphatic hydroxyl groups is 1. The lowest BCUT2D eigenvalue weighted by Gasteiger charge is -2.07. The van der Waals surface area contributed by atoms with Crippen LogP contribution in [0, 0.1) is 6.92 Å². The minimum Gasteiger partial charge on any atom is -0.404 e. The van der Waals surface area contributed by atoms with E-state index in [-0.39, 0.29) is 6.51 Å². The molecule has 64 valence electrons. The molecule has 1 aromatic carbocycles. The van der Waals surface area contributed by atoms with Gasteiger partial charge >= 0.3 is 0 Å². The molecule has 0 saturated heterocycles. The SMILES string of the molecule is CCB(CO)c1ccc(C)cc1. The van der Waals surface area contributed by atoms with Crippen molar-refractivity contribution in [1.29, 1.82) is 0 Å². The van der Waals surface area contributed by atoms with Crippen molar-refractivity contribution in [3.63, 3.8) is 0 Å². The van der Waals surface area contributed by atoms with Crippen LogP contribution in [0.15, 0.2) is 24.3 Å². The zero-order valence-electron chi connectivity index (χ0n) is 7.75. The van der Waals surface area contributed by atoms with Gasteiger partial charge in [0.1, 0.15) is 0 Å². The van der Waals surface area contributed by atoms with Gasteiger partial charge in [-0.3, -0.25) is 0 Å². The van der Waals surface area contributed by atoms with Crippen molar-refractivity contribution >= 4 is 12.2 Å². The first-order valence-electron chi connectivity index (χ1n) is 4.45. The number of benzene rings is 1. The van der Waals surface area contributed by atoms with Crippen LogP contribution in [0.4, 0.5) is 0 Å². The maximum absolute atomic E-state index is 9.05. The summed E-state index contributed by atoms with van der Waals surface area (Å²) < 4.78 is 0. The summed E-state index contributed by atoms with van der Waals surface area (Å²) in [7, 11) is 0. The van der Waals surface area contributed by atoms with E-state index >= 15 is 0 Å². The molecule has 0 aromatic heterocycles. The highest BCUT2D eigenvalue weighted by Gasteiger charge is 2.11. The van der Waals surface area contributed by atoms with Gasteiger partial charge < -0.3 is 5.11 Å². The number of hydrogen-bond donors (Lipinski definition) is 1. The lowest BCUT2D eigenvalue weighted by atomic mass is 9.44. The van der Waals surface area contributed by atoms with Crippen LogP contribution in [0.5, 0.6) is 0 Å². The lowest BCUT2D eigenvalue weighted by Crippen LogP contribution is -2.33. The summed E-state index contributed by atoms with van der Waals surface area (Å²) in [5.74, 6) is 0. The highest BCUT2D eigenvalue weighted by atomic mass is 16.2. The van der Waals surface area contributed by atoms with Crippen molar-refractivity contribution in [3.8, 4) is 0 Å². The van der Waals surface area contributed by atoms with Gasteiger partial charge in [0.25, 0.3) is 0 Å². The zero-order valence-corrected chi connectivity index (χ0v) is 7.75. The third kappa shape index (κ3) is 2.11. The molecule has 1 rings (SSSR count). The molecule has 0 radical (unpaired) electrons. The van der Waals surface area contributed by atoms with Crippen LogP contribution >= 0.6 is 0 Å². The van der Waals surface area contributed by atoms with Gasteiger partial charge in [-0.05, 0) is 6.92 Å². The number of aryl methyl sites for hydroxylation is 1. The summed E-state index contributed by atoms with van der Waals surface area (Å²) in [4.78, 5) is 0. The van der Waals surface area contributed by atoms with Crippen LogP contribution in [0.3, 0.4) is 0 Å². The quantitative estimate of drug-likeness (QED) is 0.663. The normalized spacial score (nSPS) is 9.92. The van der Waals surface area contributed by atoms with E-state index in [4.69, 9.17) is 5.11 Å². The van der Waals surface area contributed by atoms with Crippen LogP contribution in [0.2, 0.25) is 6.32 Å². The molecule has 1 nitrogen and oxygen atoms in total. The monoisotopic (exact) mass is 162 g/mol. The summed E-state index contributed by atoms with van der Waals surface area (Å²) in [6, 6.07) is 8.38. The van der Waals surface area contributed by atoms with Crippen molar-refractivity contribution < 1.29 is 5.11 Å². The van der Waals surface area contributed by atoms with Crippen LogP contribution in [0.25, 0.3) is 0 Å². The molecule has 0 saturated carbocycles. The first-order valence-corrected chi connectivity index (χ1v) is 4.45. The molecular formula is C10H15BO. The summed E-state index contributed by atoms with van der Waals surface area (Å²) in [5, 5.41) is 9.05. The fraction of sp³-hybridized carbons (Fsp3) is 0.400. The highest BCUT2D eigenvalue weighted by molar-refractivity contribution is 6.73. The molecule has 1 aromatic rings. The second-order valence-electron chi connectivity index (χ2n) is 3.20. The van der Waals surface area contributed by atoms with Gasteiger partial charge in [0.15, 0.2) is 0 Å². The van der Waals surface area contributed by atoms with E-state index in [0.29, 0.717) is 6.71 Å². The molecule has 0 unspecified atom stereocenters. The summed E-state index contributed by atoms with van der Waals surface area (Å²) in [5.41, 5.74) is 2.51. The average molecular weight is 162 g/mol. The largest absolute Gasteiger partial charge is 0.404 e. The van der Waals surface area contributed by atoms with Crippen molar-refractivity contribution in [3.05, 3.63) is 29.8 Å². The third-order valence-corrected chi connectivity index (χ3v) is 2.26. The number of hydrogen-bond acceptors (Lipinski definition) is 1. The Morgan fingerprint density at radius 1 is 1.25 bits per heavy atom. The molecule has 0 heterocycles. The van der Waals surface area contributed by atoms with Gasteiger partial charge in [0, 0.05) is 6.51 Å². The summed E-state index contributed by atoms with van der Waals surface area (Å²) >= 11 is 0. The van der Waals surface area contributed by atoms with Crippen LogP contribution in [-0.2, 0) is 0 Å². The summed E-state index contributed by atoms with van der Waals surface area (Å²) in [6.45, 7) is 4.73. The Morgan fingerprint density at radius 2 is 1.83 bits per heavy atom. The Bertz CT molecular complexity index is 226. The van der Waals surface area contributed by atoms with Crippen LogP contribution in [0.1, 0.15) is 12.5 Å². The van der Waals surface area contributed by atoms with Crippen molar-refractivity contribution in [2.75, 3.05) is 6.51 Å². The smallest absolute Gasteiger partial charge is 0.205 e. The third-order valence-electron chi connectivity index (χ3n) is 2.26. The molecule has 0 aliphatic rings. The molecule has 1 N–H and O–H groups in total. The molecule has 2 heteroatoms. The van der Waals surface area contributed by atoms with Crippen LogP contribution in [-0.4, -0.2) is 18.3 Å². The average Bonchev–Trinajstić information content (AvgIpc) is 2.10. The molecular weight excluding hydrogens is 147 g/mol. The van der Waals surface area contributed by atoms with E-state index in [2.05, 4.69) is 38.1 Å². The molecule has 0 aliphatic carbocycles. The van der Waals surface area contributed by atoms with Crippen molar-refractivity contribution in [1.82, 2.24) is 0 Å². The van der Waals surface area contributed by atoms with E-state index in [1.807, 2.05) is 0 Å². The topological polar surface area (TPSA) is 20.2 Å². The van der Waals surface area contributed by atoms with E-state index in [1.54, 1.807) is 0 Å². The molecule has 0 spiro atoms.